The van der Waals surface area contributed by atoms with Gasteiger partial charge in [-0.3, -0.25) is 9.97 Å². The Morgan fingerprint density at radius 3 is 1.12 bits per heavy atom. The van der Waals surface area contributed by atoms with E-state index < -0.39 is 0 Å². The average Bonchev–Trinajstić information content (AvgIpc) is 1.72. The molecule has 0 spiro atoms. The van der Waals surface area contributed by atoms with Crippen LogP contribution in [0.25, 0.3) is 0 Å². The highest BCUT2D eigenvalue weighted by Crippen LogP contribution is 1.65. The standard InChI is InChI=1S/C4H4N2.ClH.H2O/c1-2-6-4-3-5-1;;/h1-4H;1H;1H2. The van der Waals surface area contributed by atoms with E-state index in [1.807, 2.05) is 0 Å². The molecule has 46 valence electrons. The van der Waals surface area contributed by atoms with Gasteiger partial charge in [0.05, 0.1) is 0 Å². The smallest absolute Gasteiger partial charge is 0.0451 e. The lowest BCUT2D eigenvalue weighted by atomic mass is 10.8. The minimum Gasteiger partial charge on any atom is -0.412 e. The number of hydrogen-bond donors (Lipinski definition) is 0. The Hall–Kier alpha value is -0.670. The topological polar surface area (TPSA) is 57.3 Å². The van der Waals surface area contributed by atoms with Gasteiger partial charge in [0.2, 0.25) is 0 Å². The lowest BCUT2D eigenvalue weighted by molar-refractivity contribution is 0.824. The van der Waals surface area contributed by atoms with E-state index in [0.29, 0.717) is 0 Å². The van der Waals surface area contributed by atoms with Crippen molar-refractivity contribution in [1.29, 1.82) is 0 Å². The monoisotopic (exact) mass is 134 g/mol. The molecule has 0 aliphatic carbocycles. The van der Waals surface area contributed by atoms with Gasteiger partial charge in [0.1, 0.15) is 0 Å². The molecule has 0 saturated heterocycles. The Bertz CT molecular complexity index is 86.0. The highest BCUT2D eigenvalue weighted by molar-refractivity contribution is 5.85. The number of aromatic nitrogens is 2. The summed E-state index contributed by atoms with van der Waals surface area (Å²) in [6.07, 6.45) is 6.56. The van der Waals surface area contributed by atoms with Crippen LogP contribution >= 0.6 is 12.4 Å². The Balaban J connectivity index is 0. The first-order chi connectivity index (χ1) is 3.00. The molecule has 1 aromatic heterocycles. The van der Waals surface area contributed by atoms with Gasteiger partial charge in [0.15, 0.2) is 0 Å². The van der Waals surface area contributed by atoms with Gasteiger partial charge in [-0.2, -0.15) is 0 Å². The van der Waals surface area contributed by atoms with E-state index in [1.54, 1.807) is 24.8 Å². The molecule has 8 heavy (non-hydrogen) atoms. The molecule has 0 aromatic carbocycles. The van der Waals surface area contributed by atoms with Crippen LogP contribution in [0.3, 0.4) is 0 Å². The SMILES string of the molecule is Cl.O.c1cnccn1. The van der Waals surface area contributed by atoms with Crippen LogP contribution in [0.4, 0.5) is 0 Å². The zero-order valence-electron chi connectivity index (χ0n) is 4.11. The van der Waals surface area contributed by atoms with Crippen LogP contribution in [-0.4, -0.2) is 15.4 Å². The second-order valence-corrected chi connectivity index (χ2v) is 0.894. The molecule has 3 nitrogen and oxygen atoms in total. The first-order valence-electron chi connectivity index (χ1n) is 1.70. The van der Waals surface area contributed by atoms with Crippen LogP contribution in [0, 0.1) is 0 Å². The van der Waals surface area contributed by atoms with Gasteiger partial charge in [0, 0.05) is 24.8 Å². The van der Waals surface area contributed by atoms with Crippen LogP contribution in [0.15, 0.2) is 24.8 Å². The van der Waals surface area contributed by atoms with Crippen molar-refractivity contribution in [3.63, 3.8) is 0 Å². The molecule has 2 N–H and O–H groups in total. The fourth-order valence-corrected chi connectivity index (χ4v) is 0.253. The molecule has 4 heteroatoms. The Morgan fingerprint density at radius 2 is 1.00 bits per heavy atom. The first-order valence-corrected chi connectivity index (χ1v) is 1.70. The molecule has 1 aromatic rings. The van der Waals surface area contributed by atoms with Crippen LogP contribution in [0.2, 0.25) is 0 Å². The number of nitrogens with zero attached hydrogens (tertiary/aromatic N) is 2. The van der Waals surface area contributed by atoms with Crippen molar-refractivity contribution in [2.45, 2.75) is 0 Å². The molecular weight excluding hydrogens is 128 g/mol. The predicted molar refractivity (Wildman–Crippen MR) is 32.9 cm³/mol. The summed E-state index contributed by atoms with van der Waals surface area (Å²) in [5, 5.41) is 0. The van der Waals surface area contributed by atoms with E-state index in [9.17, 15) is 0 Å². The fraction of sp³-hybridized carbons (Fsp3) is 0. The highest BCUT2D eigenvalue weighted by atomic mass is 35.5. The van der Waals surface area contributed by atoms with E-state index in [2.05, 4.69) is 9.97 Å². The third-order valence-electron chi connectivity index (χ3n) is 0.478. The van der Waals surface area contributed by atoms with Gasteiger partial charge >= 0.3 is 0 Å². The minimum atomic E-state index is 0. The lowest BCUT2D eigenvalue weighted by Crippen LogP contribution is -1.66. The van der Waals surface area contributed by atoms with E-state index in [-0.39, 0.29) is 17.9 Å². The summed E-state index contributed by atoms with van der Waals surface area (Å²) in [6, 6.07) is 0. The van der Waals surface area contributed by atoms with Crippen LogP contribution < -0.4 is 0 Å². The first kappa shape index (κ1) is 10.3. The van der Waals surface area contributed by atoms with Crippen molar-refractivity contribution in [2.75, 3.05) is 0 Å². The summed E-state index contributed by atoms with van der Waals surface area (Å²) in [6.45, 7) is 0. The minimum absolute atomic E-state index is 0. The molecule has 0 radical (unpaired) electrons. The molecule has 0 saturated carbocycles. The molecule has 0 aliphatic rings. The maximum atomic E-state index is 3.72. The van der Waals surface area contributed by atoms with E-state index in [4.69, 9.17) is 0 Å². The van der Waals surface area contributed by atoms with Gasteiger partial charge in [-0.05, 0) is 0 Å². The zero-order chi connectivity index (χ0) is 4.24. The average molecular weight is 135 g/mol. The largest absolute Gasteiger partial charge is 0.412 e. The van der Waals surface area contributed by atoms with Gasteiger partial charge in [0.25, 0.3) is 0 Å². The zero-order valence-corrected chi connectivity index (χ0v) is 4.93. The van der Waals surface area contributed by atoms with E-state index >= 15 is 0 Å². The molecule has 0 aliphatic heterocycles. The fourth-order valence-electron chi connectivity index (χ4n) is 0.253. The maximum absolute atomic E-state index is 3.72. The Morgan fingerprint density at radius 1 is 0.750 bits per heavy atom. The molecule has 1 rings (SSSR count). The normalized spacial score (nSPS) is 6.00. The summed E-state index contributed by atoms with van der Waals surface area (Å²) in [5.41, 5.74) is 0. The second kappa shape index (κ2) is 6.33. The van der Waals surface area contributed by atoms with Crippen LogP contribution in [0.5, 0.6) is 0 Å². The summed E-state index contributed by atoms with van der Waals surface area (Å²) >= 11 is 0. The number of rotatable bonds is 0. The van der Waals surface area contributed by atoms with Gasteiger partial charge in [-0.1, -0.05) is 0 Å². The highest BCUT2D eigenvalue weighted by Gasteiger charge is 1.59. The van der Waals surface area contributed by atoms with Gasteiger partial charge < -0.3 is 5.48 Å². The van der Waals surface area contributed by atoms with Gasteiger partial charge in [-0.25, -0.2) is 0 Å². The molecule has 1 heterocycles. The van der Waals surface area contributed by atoms with Crippen molar-refractivity contribution < 1.29 is 5.48 Å². The molecule has 0 bridgehead atoms. The molecule has 0 fully saturated rings. The third kappa shape index (κ3) is 3.52. The Labute approximate surface area is 53.5 Å². The van der Waals surface area contributed by atoms with Crippen molar-refractivity contribution >= 4 is 12.4 Å². The summed E-state index contributed by atoms with van der Waals surface area (Å²) in [7, 11) is 0. The quantitative estimate of drug-likeness (QED) is 0.504. The molecule has 0 unspecified atom stereocenters. The molecular formula is C4H7ClN2O. The van der Waals surface area contributed by atoms with Crippen molar-refractivity contribution in [2.24, 2.45) is 0 Å². The van der Waals surface area contributed by atoms with E-state index in [0.717, 1.165) is 0 Å². The lowest BCUT2D eigenvalue weighted by Gasteiger charge is -1.70. The third-order valence-corrected chi connectivity index (χ3v) is 0.478. The van der Waals surface area contributed by atoms with Crippen LogP contribution in [-0.2, 0) is 0 Å². The number of halogens is 1. The second-order valence-electron chi connectivity index (χ2n) is 0.894. The van der Waals surface area contributed by atoms with Gasteiger partial charge in [-0.15, -0.1) is 12.4 Å². The van der Waals surface area contributed by atoms with E-state index in [1.165, 1.54) is 0 Å². The van der Waals surface area contributed by atoms with Crippen molar-refractivity contribution in [1.82, 2.24) is 9.97 Å². The van der Waals surface area contributed by atoms with Crippen molar-refractivity contribution in [3.05, 3.63) is 24.8 Å². The molecule has 0 amide bonds. The Kier molecular flexibility index (Phi) is 8.18. The van der Waals surface area contributed by atoms with Crippen LogP contribution in [0.1, 0.15) is 0 Å². The van der Waals surface area contributed by atoms with Crippen molar-refractivity contribution in [3.8, 4) is 0 Å². The molecule has 0 atom stereocenters. The maximum Gasteiger partial charge on any atom is 0.0451 e. The summed E-state index contributed by atoms with van der Waals surface area (Å²) in [5.74, 6) is 0. The predicted octanol–water partition coefficient (Wildman–Crippen LogP) is 0.0737. The summed E-state index contributed by atoms with van der Waals surface area (Å²) in [4.78, 5) is 7.44. The summed E-state index contributed by atoms with van der Waals surface area (Å²) < 4.78 is 0. The number of hydrogen-bond acceptors (Lipinski definition) is 2.